The average Bonchev–Trinajstić information content (AvgIpc) is 2.66. The molecule has 0 spiro atoms. The lowest BCUT2D eigenvalue weighted by Crippen LogP contribution is -2.43. The first-order chi connectivity index (χ1) is 12.0. The van der Waals surface area contributed by atoms with Crippen LogP contribution in [0.2, 0.25) is 12.1 Å². The van der Waals surface area contributed by atoms with E-state index in [4.69, 9.17) is 26.6 Å². The molecule has 0 heterocycles. The number of nitrogens with one attached hydrogen (secondary N) is 1. The van der Waals surface area contributed by atoms with Crippen LogP contribution in [0, 0.1) is 0 Å². The van der Waals surface area contributed by atoms with Gasteiger partial charge in [-0.05, 0) is 33.0 Å². The average molecular weight is 399 g/mol. The summed E-state index contributed by atoms with van der Waals surface area (Å²) in [6.45, 7) is 3.84. The molecule has 25 heavy (non-hydrogen) atoms. The van der Waals surface area contributed by atoms with Crippen LogP contribution < -0.4 is 5.32 Å². The van der Waals surface area contributed by atoms with Gasteiger partial charge in [0.25, 0.3) is 0 Å². The highest BCUT2D eigenvalue weighted by Gasteiger charge is 2.37. The summed E-state index contributed by atoms with van der Waals surface area (Å²) in [4.78, 5) is 2.30. The van der Waals surface area contributed by atoms with E-state index in [-0.39, 0.29) is 0 Å². The highest BCUT2D eigenvalue weighted by atomic mass is 28.4. The summed E-state index contributed by atoms with van der Waals surface area (Å²) in [5.41, 5.74) is 0. The number of hydrogen-bond acceptors (Lipinski definition) is 8. The summed E-state index contributed by atoms with van der Waals surface area (Å²) in [6, 6.07) is 1.64. The topological polar surface area (TPSA) is 70.7 Å². The van der Waals surface area contributed by atoms with Gasteiger partial charge in [0.15, 0.2) is 0 Å². The lowest BCUT2D eigenvalue weighted by Gasteiger charge is -2.25. The second-order valence-corrected chi connectivity index (χ2v) is 12.0. The first-order valence-corrected chi connectivity index (χ1v) is 12.5. The Kier molecular flexibility index (Phi) is 14.3. The molecule has 10 heteroatoms. The van der Waals surface area contributed by atoms with E-state index >= 15 is 0 Å². The van der Waals surface area contributed by atoms with Crippen molar-refractivity contribution in [2.24, 2.45) is 0 Å². The van der Waals surface area contributed by atoms with Gasteiger partial charge in [-0.3, -0.25) is 0 Å². The van der Waals surface area contributed by atoms with Crippen LogP contribution >= 0.6 is 0 Å². The predicted molar refractivity (Wildman–Crippen MR) is 103 cm³/mol. The van der Waals surface area contributed by atoms with Crippen LogP contribution in [0.5, 0.6) is 0 Å². The van der Waals surface area contributed by atoms with Crippen molar-refractivity contribution in [3.63, 3.8) is 0 Å². The third kappa shape index (κ3) is 9.56. The molecule has 0 aliphatic heterocycles. The zero-order valence-electron chi connectivity index (χ0n) is 17.1. The van der Waals surface area contributed by atoms with Crippen molar-refractivity contribution < 1.29 is 26.6 Å². The largest absolute Gasteiger partial charge is 0.500 e. The van der Waals surface area contributed by atoms with Gasteiger partial charge in [-0.2, -0.15) is 0 Å². The minimum atomic E-state index is -2.44. The van der Waals surface area contributed by atoms with Crippen molar-refractivity contribution in [2.75, 3.05) is 75.9 Å². The summed E-state index contributed by atoms with van der Waals surface area (Å²) >= 11 is 0. The Morgan fingerprint density at radius 3 is 1.52 bits per heavy atom. The van der Waals surface area contributed by atoms with Crippen molar-refractivity contribution in [2.45, 2.75) is 24.9 Å². The maximum atomic E-state index is 5.43. The van der Waals surface area contributed by atoms with Crippen molar-refractivity contribution in [3.8, 4) is 0 Å². The molecule has 0 bridgehead atoms. The Labute approximate surface area is 155 Å². The smallest absolute Gasteiger partial charge is 0.377 e. The van der Waals surface area contributed by atoms with E-state index in [2.05, 4.69) is 17.3 Å². The maximum absolute atomic E-state index is 5.43. The molecule has 0 unspecified atom stereocenters. The highest BCUT2D eigenvalue weighted by molar-refractivity contribution is 6.60. The van der Waals surface area contributed by atoms with Gasteiger partial charge in [0.05, 0.1) is 0 Å². The lowest BCUT2D eigenvalue weighted by atomic mass is 10.4. The van der Waals surface area contributed by atoms with Crippen molar-refractivity contribution in [3.05, 3.63) is 0 Å². The van der Waals surface area contributed by atoms with Crippen LogP contribution in [-0.2, 0) is 26.6 Å². The molecule has 0 aliphatic carbocycles. The molecule has 0 aromatic carbocycles. The monoisotopic (exact) mass is 398 g/mol. The molecular formula is C15H38N2O6Si2. The Morgan fingerprint density at radius 1 is 0.640 bits per heavy atom. The Balaban J connectivity index is 3.79. The minimum Gasteiger partial charge on any atom is -0.377 e. The molecule has 8 nitrogen and oxygen atoms in total. The van der Waals surface area contributed by atoms with Gasteiger partial charge in [-0.15, -0.1) is 0 Å². The predicted octanol–water partition coefficient (Wildman–Crippen LogP) is 1.04. The molecule has 0 saturated carbocycles. The first-order valence-electron chi connectivity index (χ1n) is 8.67. The summed E-state index contributed by atoms with van der Waals surface area (Å²) in [6.07, 6.45) is 1.96. The van der Waals surface area contributed by atoms with E-state index in [1.165, 1.54) is 0 Å². The third-order valence-corrected chi connectivity index (χ3v) is 10.1. The fourth-order valence-corrected chi connectivity index (χ4v) is 6.04. The quantitative estimate of drug-likeness (QED) is 0.288. The van der Waals surface area contributed by atoms with Crippen molar-refractivity contribution >= 4 is 17.6 Å². The molecule has 0 amide bonds. The molecular weight excluding hydrogens is 360 g/mol. The van der Waals surface area contributed by atoms with Gasteiger partial charge in [0.1, 0.15) is 0 Å². The van der Waals surface area contributed by atoms with Gasteiger partial charge < -0.3 is 36.8 Å². The third-order valence-electron chi connectivity index (χ3n) is 4.40. The summed E-state index contributed by atoms with van der Waals surface area (Å²) in [5, 5.41) is 3.45. The Morgan fingerprint density at radius 2 is 1.08 bits per heavy atom. The number of likely N-dealkylation sites (N-methyl/N-ethyl adjacent to an activating group) is 1. The minimum absolute atomic E-state index is 0.817. The first kappa shape index (κ1) is 25.1. The fourth-order valence-electron chi connectivity index (χ4n) is 2.61. The fraction of sp³-hybridized carbons (Fsp3) is 1.00. The lowest BCUT2D eigenvalue weighted by molar-refractivity contribution is 0.121. The van der Waals surface area contributed by atoms with Gasteiger partial charge >= 0.3 is 17.6 Å². The SMILES string of the molecule is CO[Si](CCCNCCN(C)CCC[Si](OC)(OC)OC)(OC)OC. The second kappa shape index (κ2) is 14.2. The maximum Gasteiger partial charge on any atom is 0.500 e. The van der Waals surface area contributed by atoms with E-state index in [0.29, 0.717) is 0 Å². The van der Waals surface area contributed by atoms with Crippen LogP contribution in [0.1, 0.15) is 12.8 Å². The van der Waals surface area contributed by atoms with Crippen LogP contribution in [0.4, 0.5) is 0 Å². The number of hydrogen-bond donors (Lipinski definition) is 1. The van der Waals surface area contributed by atoms with Gasteiger partial charge in [0, 0.05) is 67.8 Å². The van der Waals surface area contributed by atoms with E-state index in [9.17, 15) is 0 Å². The molecule has 0 atom stereocenters. The molecule has 152 valence electrons. The van der Waals surface area contributed by atoms with Crippen LogP contribution in [-0.4, -0.2) is 98.4 Å². The van der Waals surface area contributed by atoms with E-state index in [1.54, 1.807) is 42.7 Å². The molecule has 0 fully saturated rings. The molecule has 0 radical (unpaired) electrons. The van der Waals surface area contributed by atoms with Crippen molar-refractivity contribution in [1.29, 1.82) is 0 Å². The zero-order valence-corrected chi connectivity index (χ0v) is 19.1. The zero-order chi connectivity index (χ0) is 19.2. The number of rotatable bonds is 17. The van der Waals surface area contributed by atoms with Gasteiger partial charge in [-0.1, -0.05) is 0 Å². The second-order valence-electron chi connectivity index (χ2n) is 5.85. The normalized spacial score (nSPS) is 13.0. The summed E-state index contributed by atoms with van der Waals surface area (Å²) < 4.78 is 32.5. The molecule has 0 aliphatic rings. The standard InChI is InChI=1S/C15H38N2O6Si2/c1-17(12-9-15-25(21-5,22-6)23-7)13-11-16-10-8-14-24(18-2,19-3)20-4/h16H,8-15H2,1-7H3. The number of nitrogens with zero attached hydrogens (tertiary/aromatic N) is 1. The van der Waals surface area contributed by atoms with E-state index < -0.39 is 17.6 Å². The van der Waals surface area contributed by atoms with Crippen molar-refractivity contribution in [1.82, 2.24) is 10.2 Å². The van der Waals surface area contributed by atoms with E-state index in [0.717, 1.165) is 51.1 Å². The highest BCUT2D eigenvalue weighted by Crippen LogP contribution is 2.15. The molecule has 0 aromatic rings. The Bertz CT molecular complexity index is 304. The molecule has 0 saturated heterocycles. The summed E-state index contributed by atoms with van der Waals surface area (Å²) in [5.74, 6) is 0. The van der Waals surface area contributed by atoms with Crippen LogP contribution in [0.15, 0.2) is 0 Å². The molecule has 0 rings (SSSR count). The van der Waals surface area contributed by atoms with Gasteiger partial charge in [0.2, 0.25) is 0 Å². The van der Waals surface area contributed by atoms with Gasteiger partial charge in [-0.25, -0.2) is 0 Å². The van der Waals surface area contributed by atoms with Crippen LogP contribution in [0.25, 0.3) is 0 Å². The van der Waals surface area contributed by atoms with E-state index in [1.807, 2.05) is 0 Å². The molecule has 1 N–H and O–H groups in total. The Hall–Kier alpha value is 0.114. The molecule has 0 aromatic heterocycles. The van der Waals surface area contributed by atoms with Crippen LogP contribution in [0.3, 0.4) is 0 Å². The summed E-state index contributed by atoms with van der Waals surface area (Å²) in [7, 11) is 7.16.